The molecule has 0 aliphatic rings. The van der Waals surface area contributed by atoms with Gasteiger partial charge in [-0.2, -0.15) is 8.75 Å². The van der Waals surface area contributed by atoms with Crippen LogP contribution < -0.4 is 21.1 Å². The molecule has 0 aliphatic heterocycles. The fraction of sp³-hybridized carbons (Fsp3) is 0.0556. The molecule has 216 valence electrons. The highest BCUT2D eigenvalue weighted by Crippen LogP contribution is 2.43. The van der Waals surface area contributed by atoms with Crippen LogP contribution in [0.15, 0.2) is 118 Å². The number of fused-ring (bicyclic) bond motifs is 3. The van der Waals surface area contributed by atoms with Crippen LogP contribution in [0.1, 0.15) is 11.1 Å². The van der Waals surface area contributed by atoms with Crippen LogP contribution in [-0.4, -0.2) is 13.7 Å². The van der Waals surface area contributed by atoms with Gasteiger partial charge in [0.15, 0.2) is 5.82 Å². The van der Waals surface area contributed by atoms with Crippen molar-refractivity contribution < 1.29 is 0 Å². The van der Waals surface area contributed by atoms with Crippen molar-refractivity contribution in [3.8, 4) is 10.4 Å². The lowest BCUT2D eigenvalue weighted by Crippen LogP contribution is -2.30. The Bertz CT molecular complexity index is 2510. The van der Waals surface area contributed by atoms with E-state index in [0.717, 1.165) is 49.3 Å². The summed E-state index contributed by atoms with van der Waals surface area (Å²) in [6.45, 7) is 4.16. The van der Waals surface area contributed by atoms with Crippen molar-refractivity contribution in [2.75, 3.05) is 4.90 Å². The molecule has 0 amide bonds. The predicted molar refractivity (Wildman–Crippen MR) is 184 cm³/mol. The van der Waals surface area contributed by atoms with Gasteiger partial charge in [-0.15, -0.1) is 11.3 Å². The third-order valence-electron chi connectivity index (χ3n) is 7.96. The van der Waals surface area contributed by atoms with E-state index < -0.39 is 10.9 Å². The van der Waals surface area contributed by atoms with E-state index in [1.807, 2.05) is 30.3 Å². The number of pyridine rings is 1. The Kier molecular flexibility index (Phi) is 6.44. The van der Waals surface area contributed by atoms with Crippen molar-refractivity contribution in [3.63, 3.8) is 0 Å². The standard InChI is InChI=1S/C36H23N5O2S2/c1-20-7-11-24(12-8-20)41(25-13-9-21(2)10-14-25)30-16-15-29(44-30)28-19-37-36(33-31(28)39-45-40-33)38-32-26-17-22-5-3-4-6-23(22)18-27(26)34(42)35(32)43/h3-19H,1-2H3. The molecule has 3 heterocycles. The maximum Gasteiger partial charge on any atom is 0.252 e. The molecule has 0 radical (unpaired) electrons. The monoisotopic (exact) mass is 621 g/mol. The molecule has 0 spiro atoms. The molecule has 9 heteroatoms. The highest BCUT2D eigenvalue weighted by Gasteiger charge is 2.20. The van der Waals surface area contributed by atoms with E-state index in [1.165, 1.54) is 11.1 Å². The number of hydrogen-bond donors (Lipinski definition) is 0. The third kappa shape index (κ3) is 4.64. The topological polar surface area (TPSA) is 88.4 Å². The van der Waals surface area contributed by atoms with E-state index in [9.17, 15) is 9.59 Å². The Morgan fingerprint density at radius 1 is 0.689 bits per heavy atom. The summed E-state index contributed by atoms with van der Waals surface area (Å²) in [7, 11) is 0. The van der Waals surface area contributed by atoms with Gasteiger partial charge in [-0.25, -0.2) is 9.98 Å². The maximum absolute atomic E-state index is 13.1. The van der Waals surface area contributed by atoms with Crippen molar-refractivity contribution in [1.82, 2.24) is 13.7 Å². The molecule has 0 aliphatic carbocycles. The van der Waals surface area contributed by atoms with Crippen LogP contribution in [0, 0.1) is 13.8 Å². The maximum atomic E-state index is 13.1. The van der Waals surface area contributed by atoms with Crippen LogP contribution >= 0.6 is 23.1 Å². The first-order valence-corrected chi connectivity index (χ1v) is 15.8. The van der Waals surface area contributed by atoms with E-state index in [0.29, 0.717) is 21.8 Å². The van der Waals surface area contributed by atoms with Crippen LogP contribution in [0.25, 0.3) is 43.0 Å². The average Bonchev–Trinajstić information content (AvgIpc) is 3.79. The van der Waals surface area contributed by atoms with E-state index in [4.69, 9.17) is 0 Å². The first-order valence-electron chi connectivity index (χ1n) is 14.3. The zero-order valence-corrected chi connectivity index (χ0v) is 25.8. The van der Waals surface area contributed by atoms with Gasteiger partial charge in [0.25, 0.3) is 5.43 Å². The number of anilines is 3. The molecule has 5 aromatic carbocycles. The third-order valence-corrected chi connectivity index (χ3v) is 9.59. The van der Waals surface area contributed by atoms with Crippen LogP contribution in [0.2, 0.25) is 0 Å². The lowest BCUT2D eigenvalue weighted by Gasteiger charge is -2.24. The average molecular weight is 622 g/mol. The smallest absolute Gasteiger partial charge is 0.252 e. The summed E-state index contributed by atoms with van der Waals surface area (Å²) in [4.78, 5) is 38.5. The Morgan fingerprint density at radius 2 is 1.31 bits per heavy atom. The van der Waals surface area contributed by atoms with Gasteiger partial charge in [0.1, 0.15) is 21.4 Å². The van der Waals surface area contributed by atoms with Crippen molar-refractivity contribution in [2.45, 2.75) is 13.8 Å². The number of aryl methyl sites for hydroxylation is 2. The minimum Gasteiger partial charge on any atom is -0.302 e. The fourth-order valence-electron chi connectivity index (χ4n) is 5.60. The summed E-state index contributed by atoms with van der Waals surface area (Å²) in [6.07, 6.45) is 1.73. The zero-order chi connectivity index (χ0) is 30.7. The first-order chi connectivity index (χ1) is 21.9. The minimum atomic E-state index is -0.641. The summed E-state index contributed by atoms with van der Waals surface area (Å²) in [5, 5.41) is 3.82. The van der Waals surface area contributed by atoms with Gasteiger partial charge >= 0.3 is 0 Å². The van der Waals surface area contributed by atoms with Crippen LogP contribution in [-0.2, 0) is 0 Å². The molecule has 45 heavy (non-hydrogen) atoms. The number of thiophene rings is 1. The molecule has 0 saturated heterocycles. The van der Waals surface area contributed by atoms with Crippen LogP contribution in [0.4, 0.5) is 22.2 Å². The molecule has 7 nitrogen and oxygen atoms in total. The normalized spacial score (nSPS) is 12.1. The second kappa shape index (κ2) is 10.7. The predicted octanol–water partition coefficient (Wildman–Crippen LogP) is 8.04. The molecule has 0 saturated carbocycles. The van der Waals surface area contributed by atoms with Gasteiger partial charge in [0.2, 0.25) is 5.43 Å². The number of aromatic nitrogens is 3. The summed E-state index contributed by atoms with van der Waals surface area (Å²) < 4.78 is 9.11. The molecule has 0 unspecified atom stereocenters. The zero-order valence-electron chi connectivity index (χ0n) is 24.2. The second-order valence-corrected chi connectivity index (χ2v) is 12.6. The quantitative estimate of drug-likeness (QED) is 0.181. The molecule has 8 aromatic rings. The number of hydrogen-bond acceptors (Lipinski definition) is 9. The Morgan fingerprint density at radius 3 is 1.98 bits per heavy atom. The van der Waals surface area contributed by atoms with Gasteiger partial charge in [-0.05, 0) is 73.2 Å². The van der Waals surface area contributed by atoms with Crippen molar-refractivity contribution in [2.24, 2.45) is 4.99 Å². The highest BCUT2D eigenvalue weighted by molar-refractivity contribution is 7.19. The van der Waals surface area contributed by atoms with E-state index in [1.54, 1.807) is 23.6 Å². The molecular weight excluding hydrogens is 599 g/mol. The summed E-state index contributed by atoms with van der Waals surface area (Å²) in [5.41, 5.74) is 5.28. The van der Waals surface area contributed by atoms with Crippen LogP contribution in [0.5, 0.6) is 0 Å². The van der Waals surface area contributed by atoms with Crippen LogP contribution in [0.3, 0.4) is 0 Å². The van der Waals surface area contributed by atoms with Gasteiger partial charge in [0.05, 0.1) is 11.7 Å². The molecule has 8 rings (SSSR count). The van der Waals surface area contributed by atoms with E-state index in [2.05, 4.69) is 98.1 Å². The summed E-state index contributed by atoms with van der Waals surface area (Å²) in [5.74, 6) is 0.261. The lowest BCUT2D eigenvalue weighted by molar-refractivity contribution is 1.23. The van der Waals surface area contributed by atoms with E-state index >= 15 is 0 Å². The minimum absolute atomic E-state index is 0.0838. The number of rotatable bonds is 5. The van der Waals surface area contributed by atoms with Crippen molar-refractivity contribution in [3.05, 3.63) is 140 Å². The number of nitrogens with zero attached hydrogens (tertiary/aromatic N) is 5. The molecular formula is C36H23N5O2S2. The highest BCUT2D eigenvalue weighted by atomic mass is 32.1. The van der Waals surface area contributed by atoms with Gasteiger partial charge < -0.3 is 4.90 Å². The van der Waals surface area contributed by atoms with E-state index in [-0.39, 0.29) is 11.2 Å². The molecule has 0 atom stereocenters. The second-order valence-electron chi connectivity index (χ2n) is 11.0. The Hall–Kier alpha value is -5.38. The fourth-order valence-corrected chi connectivity index (χ4v) is 7.22. The van der Waals surface area contributed by atoms with Crippen molar-refractivity contribution in [1.29, 1.82) is 0 Å². The van der Waals surface area contributed by atoms with Gasteiger partial charge in [-0.1, -0.05) is 59.7 Å². The summed E-state index contributed by atoms with van der Waals surface area (Å²) >= 11 is 2.70. The van der Waals surface area contributed by atoms with Gasteiger partial charge in [0, 0.05) is 38.8 Å². The largest absolute Gasteiger partial charge is 0.302 e. The number of benzene rings is 4. The molecule has 0 fully saturated rings. The molecule has 0 N–H and O–H groups in total. The van der Waals surface area contributed by atoms with Gasteiger partial charge in [-0.3, -0.25) is 9.59 Å². The molecule has 0 bridgehead atoms. The SMILES string of the molecule is Cc1ccc(N(c2ccc(C)cc2)c2ccc(-c3cnc(N=c4c(=O)c(=O)c5cc6ccccc6cc45)c4nsnc34)s2)cc1. The van der Waals surface area contributed by atoms with Crippen molar-refractivity contribution >= 4 is 77.8 Å². The Balaban J connectivity index is 1.24. The lowest BCUT2D eigenvalue weighted by atomic mass is 10.1. The molecule has 3 aromatic heterocycles. The first kappa shape index (κ1) is 27.2. The summed E-state index contributed by atoms with van der Waals surface area (Å²) in [6, 6.07) is 32.4. The Labute approximate surface area is 265 Å².